The number of oxazole rings is 1. The van der Waals surface area contributed by atoms with Crippen molar-refractivity contribution >= 4 is 27.5 Å². The van der Waals surface area contributed by atoms with Crippen LogP contribution in [-0.2, 0) is 6.42 Å². The molecule has 0 radical (unpaired) electrons. The monoisotopic (exact) mass is 445 g/mol. The van der Waals surface area contributed by atoms with Crippen molar-refractivity contribution < 1.29 is 23.1 Å². The number of rotatable bonds is 4. The van der Waals surface area contributed by atoms with E-state index in [1.54, 1.807) is 6.33 Å². The minimum atomic E-state index is -3.03. The first kappa shape index (κ1) is 19.8. The van der Waals surface area contributed by atoms with Gasteiger partial charge in [-0.15, -0.1) is 11.3 Å². The Hall–Kier alpha value is -3.18. The lowest BCUT2D eigenvalue weighted by Crippen LogP contribution is -2.41. The number of halogens is 2. The van der Waals surface area contributed by atoms with E-state index >= 15 is 0 Å². The summed E-state index contributed by atoms with van der Waals surface area (Å²) in [5.41, 5.74) is 1.48. The zero-order valence-electron chi connectivity index (χ0n) is 16.2. The number of aliphatic hydroxyl groups excluding tert-OH is 1. The largest absolute Gasteiger partial charge is 0.432 e. The van der Waals surface area contributed by atoms with Crippen LogP contribution in [0, 0.1) is 0 Å². The second-order valence-electron chi connectivity index (χ2n) is 7.18. The molecule has 11 heteroatoms. The van der Waals surface area contributed by atoms with Crippen LogP contribution in [0.2, 0.25) is 0 Å². The van der Waals surface area contributed by atoms with Crippen LogP contribution in [0.4, 0.5) is 8.78 Å². The number of aromatic nitrogens is 4. The van der Waals surface area contributed by atoms with Crippen molar-refractivity contribution in [1.29, 1.82) is 0 Å². The lowest BCUT2D eigenvalue weighted by Gasteiger charge is -2.33. The van der Waals surface area contributed by atoms with Gasteiger partial charge in [-0.2, -0.15) is 0 Å². The van der Waals surface area contributed by atoms with Crippen LogP contribution in [0.25, 0.3) is 10.2 Å². The number of thiazole rings is 1. The lowest BCUT2D eigenvalue weighted by atomic mass is 10.0. The number of alkyl halides is 2. The molecule has 160 valence electrons. The first-order chi connectivity index (χ1) is 14.9. The Labute approximate surface area is 178 Å². The molecule has 0 fully saturated rings. The molecular weight excluding hydrogens is 428 g/mol. The maximum absolute atomic E-state index is 13.6. The maximum atomic E-state index is 13.6. The summed E-state index contributed by atoms with van der Waals surface area (Å²) >= 11 is 1.41. The second-order valence-corrected chi connectivity index (χ2v) is 8.24. The predicted molar refractivity (Wildman–Crippen MR) is 107 cm³/mol. The molecule has 2 atom stereocenters. The molecule has 31 heavy (non-hydrogen) atoms. The fourth-order valence-corrected chi connectivity index (χ4v) is 4.80. The average Bonchev–Trinajstić information content (AvgIpc) is 3.49. The first-order valence-electron chi connectivity index (χ1n) is 9.59. The number of hydrogen-bond acceptors (Lipinski definition) is 7. The number of carbonyl (C=O) groups excluding carboxylic acids is 1. The SMILES string of the molecule is C[C@H](O)c1nc(C(F)F)c(C(=O)N2CCc3[nH]cnc3[C@H]2c2nc3ccccc3s2)o1. The molecule has 3 aromatic heterocycles. The van der Waals surface area contributed by atoms with Gasteiger partial charge >= 0.3 is 0 Å². The van der Waals surface area contributed by atoms with Gasteiger partial charge in [-0.1, -0.05) is 12.1 Å². The number of carbonyl (C=O) groups is 1. The van der Waals surface area contributed by atoms with E-state index in [4.69, 9.17) is 4.42 Å². The van der Waals surface area contributed by atoms with Gasteiger partial charge in [-0.05, 0) is 19.1 Å². The Morgan fingerprint density at radius 1 is 1.35 bits per heavy atom. The third-order valence-electron chi connectivity index (χ3n) is 5.16. The second kappa shape index (κ2) is 7.50. The number of hydrogen-bond donors (Lipinski definition) is 2. The summed E-state index contributed by atoms with van der Waals surface area (Å²) in [5, 5.41) is 10.3. The molecule has 1 aliphatic rings. The molecule has 5 rings (SSSR count). The topological polar surface area (TPSA) is 108 Å². The van der Waals surface area contributed by atoms with E-state index in [9.17, 15) is 18.7 Å². The molecule has 0 spiro atoms. The van der Waals surface area contributed by atoms with E-state index in [2.05, 4.69) is 19.9 Å². The molecule has 1 aliphatic heterocycles. The fraction of sp³-hybridized carbons (Fsp3) is 0.300. The number of aliphatic hydroxyl groups is 1. The molecule has 0 saturated heterocycles. The molecule has 2 N–H and O–H groups in total. The molecule has 4 aromatic rings. The van der Waals surface area contributed by atoms with Crippen LogP contribution < -0.4 is 0 Å². The first-order valence-corrected chi connectivity index (χ1v) is 10.4. The van der Waals surface area contributed by atoms with Crippen molar-refractivity contribution in [2.24, 2.45) is 0 Å². The highest BCUT2D eigenvalue weighted by Crippen LogP contribution is 2.39. The third kappa shape index (κ3) is 3.29. The van der Waals surface area contributed by atoms with E-state index in [-0.39, 0.29) is 12.4 Å². The highest BCUT2D eigenvalue weighted by Gasteiger charge is 2.40. The van der Waals surface area contributed by atoms with E-state index in [1.807, 2.05) is 24.3 Å². The van der Waals surface area contributed by atoms with Gasteiger partial charge < -0.3 is 19.4 Å². The van der Waals surface area contributed by atoms with Crippen LogP contribution >= 0.6 is 11.3 Å². The summed E-state index contributed by atoms with van der Waals surface area (Å²) in [6.45, 7) is 1.58. The summed E-state index contributed by atoms with van der Waals surface area (Å²) in [6, 6.07) is 6.91. The highest BCUT2D eigenvalue weighted by atomic mass is 32.1. The van der Waals surface area contributed by atoms with Crippen molar-refractivity contribution in [3.8, 4) is 0 Å². The fourth-order valence-electron chi connectivity index (χ4n) is 3.71. The summed E-state index contributed by atoms with van der Waals surface area (Å²) in [4.78, 5) is 30.6. The Morgan fingerprint density at radius 3 is 2.90 bits per heavy atom. The number of H-pyrrole nitrogens is 1. The molecule has 8 nitrogen and oxygen atoms in total. The van der Waals surface area contributed by atoms with E-state index in [0.717, 1.165) is 15.9 Å². The lowest BCUT2D eigenvalue weighted by molar-refractivity contribution is 0.0635. The third-order valence-corrected chi connectivity index (χ3v) is 6.25. The van der Waals surface area contributed by atoms with Crippen LogP contribution in [0.15, 0.2) is 35.0 Å². The van der Waals surface area contributed by atoms with Gasteiger partial charge in [0.2, 0.25) is 11.7 Å². The summed E-state index contributed by atoms with van der Waals surface area (Å²) in [5.74, 6) is -1.64. The van der Waals surface area contributed by atoms with Gasteiger partial charge in [0.15, 0.2) is 5.69 Å². The molecular formula is C20H17F2N5O3S. The molecule has 0 saturated carbocycles. The van der Waals surface area contributed by atoms with Crippen LogP contribution in [-0.4, -0.2) is 42.4 Å². The van der Waals surface area contributed by atoms with E-state index in [0.29, 0.717) is 17.1 Å². The van der Waals surface area contributed by atoms with E-state index in [1.165, 1.54) is 23.2 Å². The maximum Gasteiger partial charge on any atom is 0.292 e. The molecule has 1 amide bonds. The number of amides is 1. The number of imidazole rings is 1. The number of para-hydroxylation sites is 1. The van der Waals surface area contributed by atoms with E-state index < -0.39 is 35.9 Å². The number of nitrogens with zero attached hydrogens (tertiary/aromatic N) is 4. The Morgan fingerprint density at radius 2 is 2.16 bits per heavy atom. The average molecular weight is 445 g/mol. The normalized spacial score (nSPS) is 17.3. The van der Waals surface area contributed by atoms with Crippen molar-refractivity contribution in [1.82, 2.24) is 24.8 Å². The van der Waals surface area contributed by atoms with Gasteiger partial charge in [0.05, 0.1) is 22.2 Å². The standard InChI is InChI=1S/C20H17F2N5O3S/c1-9(28)18-26-14(17(21)22)16(30-18)20(29)27-7-6-11-13(24-8-23-11)15(27)19-25-10-4-2-3-5-12(10)31-19/h2-5,8-9,15,17,28H,6-7H2,1H3,(H,23,24)/t9-,15-/m0/s1. The summed E-state index contributed by atoms with van der Waals surface area (Å²) in [6.07, 6.45) is -2.23. The Bertz CT molecular complexity index is 1230. The molecule has 4 heterocycles. The summed E-state index contributed by atoms with van der Waals surface area (Å²) in [7, 11) is 0. The smallest absolute Gasteiger partial charge is 0.292 e. The van der Waals surface area contributed by atoms with Gasteiger partial charge in [0.1, 0.15) is 17.2 Å². The Kier molecular flexibility index (Phi) is 4.78. The number of nitrogens with one attached hydrogen (secondary N) is 1. The predicted octanol–water partition coefficient (Wildman–Crippen LogP) is 3.79. The van der Waals surface area contributed by atoms with Crippen molar-refractivity contribution in [3.05, 3.63) is 64.3 Å². The van der Waals surface area contributed by atoms with Gasteiger partial charge in [0.25, 0.3) is 12.3 Å². The number of aromatic amines is 1. The van der Waals surface area contributed by atoms with Gasteiger partial charge in [-0.25, -0.2) is 23.7 Å². The molecule has 0 bridgehead atoms. The zero-order valence-corrected chi connectivity index (χ0v) is 17.1. The van der Waals surface area contributed by atoms with Gasteiger partial charge in [0, 0.05) is 18.7 Å². The van der Waals surface area contributed by atoms with Crippen molar-refractivity contribution in [3.63, 3.8) is 0 Å². The van der Waals surface area contributed by atoms with Crippen LogP contribution in [0.3, 0.4) is 0 Å². The molecule has 0 unspecified atom stereocenters. The molecule has 0 aliphatic carbocycles. The van der Waals surface area contributed by atoms with Crippen molar-refractivity contribution in [2.75, 3.05) is 6.54 Å². The Balaban J connectivity index is 1.61. The molecule has 1 aromatic carbocycles. The highest BCUT2D eigenvalue weighted by molar-refractivity contribution is 7.18. The van der Waals surface area contributed by atoms with Crippen LogP contribution in [0.1, 0.15) is 64.0 Å². The van der Waals surface area contributed by atoms with Crippen molar-refractivity contribution in [2.45, 2.75) is 31.9 Å². The number of benzene rings is 1. The minimum Gasteiger partial charge on any atom is -0.432 e. The zero-order chi connectivity index (χ0) is 21.7. The van der Waals surface area contributed by atoms with Crippen LogP contribution in [0.5, 0.6) is 0 Å². The quantitative estimate of drug-likeness (QED) is 0.495. The van der Waals surface area contributed by atoms with Gasteiger partial charge in [-0.3, -0.25) is 4.79 Å². The summed E-state index contributed by atoms with van der Waals surface area (Å²) < 4.78 is 33.4. The minimum absolute atomic E-state index is 0.252. The number of fused-ring (bicyclic) bond motifs is 2.